The topological polar surface area (TPSA) is 40.1 Å². The third kappa shape index (κ3) is 7.87. The van der Waals surface area contributed by atoms with Crippen LogP contribution in [0, 0.1) is 11.8 Å². The molecule has 0 saturated carbocycles. The Balaban J connectivity index is 0.00000529. The van der Waals surface area contributed by atoms with E-state index in [0.717, 1.165) is 45.3 Å². The van der Waals surface area contributed by atoms with E-state index >= 15 is 0 Å². The van der Waals surface area contributed by atoms with Crippen molar-refractivity contribution in [2.75, 3.05) is 53.5 Å². The molecule has 144 valence electrons. The van der Waals surface area contributed by atoms with Crippen LogP contribution in [0.25, 0.3) is 0 Å². The predicted octanol–water partition coefficient (Wildman–Crippen LogP) is 2.90. The third-order valence-corrected chi connectivity index (χ3v) is 4.77. The first kappa shape index (κ1) is 23.9. The lowest BCUT2D eigenvalue weighted by molar-refractivity contribution is 0.157. The summed E-state index contributed by atoms with van der Waals surface area (Å²) in [6, 6.07) is 0.569. The molecule has 1 fully saturated rings. The van der Waals surface area contributed by atoms with Crippen LogP contribution in [-0.2, 0) is 4.74 Å². The Morgan fingerprint density at radius 3 is 2.50 bits per heavy atom. The van der Waals surface area contributed by atoms with Gasteiger partial charge < -0.3 is 15.0 Å². The number of halogens is 1. The zero-order chi connectivity index (χ0) is 17.2. The van der Waals surface area contributed by atoms with E-state index in [0.29, 0.717) is 17.9 Å². The molecule has 0 aliphatic carbocycles. The molecule has 1 N–H and O–H groups in total. The van der Waals surface area contributed by atoms with E-state index in [1.54, 1.807) is 7.11 Å². The maximum Gasteiger partial charge on any atom is 0.193 e. The zero-order valence-electron chi connectivity index (χ0n) is 16.5. The van der Waals surface area contributed by atoms with Crippen LogP contribution in [-0.4, -0.2) is 75.3 Å². The van der Waals surface area contributed by atoms with Crippen molar-refractivity contribution in [1.82, 2.24) is 15.1 Å². The van der Waals surface area contributed by atoms with Crippen molar-refractivity contribution in [1.29, 1.82) is 0 Å². The van der Waals surface area contributed by atoms with Crippen LogP contribution in [0.5, 0.6) is 0 Å². The molecule has 1 saturated heterocycles. The number of likely N-dealkylation sites (N-methyl/N-ethyl adjacent to an activating group) is 1. The first-order chi connectivity index (χ1) is 11.0. The van der Waals surface area contributed by atoms with Gasteiger partial charge in [-0.1, -0.05) is 27.7 Å². The maximum absolute atomic E-state index is 5.30. The minimum atomic E-state index is 0. The number of nitrogens with one attached hydrogen (secondary N) is 1. The number of methoxy groups -OCH3 is 1. The molecule has 1 aliphatic heterocycles. The van der Waals surface area contributed by atoms with Gasteiger partial charge in [-0.2, -0.15) is 0 Å². The lowest BCUT2D eigenvalue weighted by Crippen LogP contribution is -2.48. The van der Waals surface area contributed by atoms with Gasteiger partial charge in [0.15, 0.2) is 5.96 Å². The summed E-state index contributed by atoms with van der Waals surface area (Å²) in [5.74, 6) is 2.39. The summed E-state index contributed by atoms with van der Waals surface area (Å²) in [6.07, 6.45) is 2.41. The fraction of sp³-hybridized carbons (Fsp3) is 0.944. The monoisotopic (exact) mass is 454 g/mol. The second-order valence-corrected chi connectivity index (χ2v) is 6.99. The van der Waals surface area contributed by atoms with Gasteiger partial charge in [0.1, 0.15) is 0 Å². The van der Waals surface area contributed by atoms with Crippen molar-refractivity contribution in [3.8, 4) is 0 Å². The van der Waals surface area contributed by atoms with Crippen molar-refractivity contribution >= 4 is 29.9 Å². The number of likely N-dealkylation sites (tertiary alicyclic amines) is 1. The predicted molar refractivity (Wildman–Crippen MR) is 114 cm³/mol. The van der Waals surface area contributed by atoms with Gasteiger partial charge >= 0.3 is 0 Å². The molecule has 0 radical (unpaired) electrons. The van der Waals surface area contributed by atoms with Crippen LogP contribution in [0.3, 0.4) is 0 Å². The summed E-state index contributed by atoms with van der Waals surface area (Å²) in [6.45, 7) is 15.3. The molecule has 0 amide bonds. The lowest BCUT2D eigenvalue weighted by Gasteiger charge is -2.32. The number of aliphatic imine (C=N–C) groups is 1. The van der Waals surface area contributed by atoms with Gasteiger partial charge in [-0.3, -0.25) is 9.89 Å². The van der Waals surface area contributed by atoms with Crippen LogP contribution >= 0.6 is 24.0 Å². The van der Waals surface area contributed by atoms with Crippen molar-refractivity contribution < 1.29 is 4.74 Å². The van der Waals surface area contributed by atoms with Gasteiger partial charge in [-0.25, -0.2) is 0 Å². The van der Waals surface area contributed by atoms with Crippen LogP contribution in [0.15, 0.2) is 4.99 Å². The molecule has 24 heavy (non-hydrogen) atoms. The summed E-state index contributed by atoms with van der Waals surface area (Å²) >= 11 is 0. The van der Waals surface area contributed by atoms with Crippen molar-refractivity contribution in [3.63, 3.8) is 0 Å². The molecular weight excluding hydrogens is 415 g/mol. The SMILES string of the molecule is CCN(CC)C(CNC(=NC)N1CCC(COC)C1)CC(C)C.I. The van der Waals surface area contributed by atoms with Gasteiger partial charge in [0.2, 0.25) is 0 Å². The Hall–Kier alpha value is -0.0800. The Bertz CT molecular complexity index is 348. The molecule has 0 aromatic carbocycles. The summed E-state index contributed by atoms with van der Waals surface area (Å²) in [4.78, 5) is 9.43. The van der Waals surface area contributed by atoms with Gasteiger partial charge in [0, 0.05) is 45.8 Å². The fourth-order valence-electron chi connectivity index (χ4n) is 3.58. The molecule has 2 unspecified atom stereocenters. The lowest BCUT2D eigenvalue weighted by atomic mass is 10.0. The Kier molecular flexibility index (Phi) is 13.1. The van der Waals surface area contributed by atoms with Crippen molar-refractivity contribution in [2.24, 2.45) is 16.8 Å². The van der Waals surface area contributed by atoms with Crippen molar-refractivity contribution in [2.45, 2.75) is 46.6 Å². The zero-order valence-corrected chi connectivity index (χ0v) is 18.9. The highest BCUT2D eigenvalue weighted by molar-refractivity contribution is 14.0. The smallest absolute Gasteiger partial charge is 0.193 e. The molecule has 1 heterocycles. The highest BCUT2D eigenvalue weighted by Crippen LogP contribution is 2.17. The average Bonchev–Trinajstić information content (AvgIpc) is 2.97. The van der Waals surface area contributed by atoms with E-state index in [4.69, 9.17) is 4.74 Å². The van der Waals surface area contributed by atoms with E-state index in [9.17, 15) is 0 Å². The van der Waals surface area contributed by atoms with E-state index in [1.807, 2.05) is 7.05 Å². The molecular formula is C18H39IN4O. The van der Waals surface area contributed by atoms with E-state index < -0.39 is 0 Å². The van der Waals surface area contributed by atoms with Gasteiger partial charge in [-0.05, 0) is 31.8 Å². The standard InChI is InChI=1S/C18H38N4O.HI/c1-7-21(8-2)17(11-15(3)4)12-20-18(19-5)22-10-9-16(13-22)14-23-6;/h15-17H,7-14H2,1-6H3,(H,19,20);1H. The number of ether oxygens (including phenoxy) is 1. The van der Waals surface area contributed by atoms with Crippen LogP contribution in [0.2, 0.25) is 0 Å². The summed E-state index contributed by atoms with van der Waals surface area (Å²) < 4.78 is 5.30. The van der Waals surface area contributed by atoms with Gasteiger partial charge in [0.25, 0.3) is 0 Å². The maximum atomic E-state index is 5.30. The highest BCUT2D eigenvalue weighted by Gasteiger charge is 2.25. The summed E-state index contributed by atoms with van der Waals surface area (Å²) in [5, 5.41) is 3.62. The Morgan fingerprint density at radius 1 is 1.33 bits per heavy atom. The molecule has 0 spiro atoms. The highest BCUT2D eigenvalue weighted by atomic mass is 127. The Morgan fingerprint density at radius 2 is 2.00 bits per heavy atom. The Labute approximate surface area is 166 Å². The fourth-order valence-corrected chi connectivity index (χ4v) is 3.58. The minimum Gasteiger partial charge on any atom is -0.384 e. The molecule has 5 nitrogen and oxygen atoms in total. The van der Waals surface area contributed by atoms with Crippen molar-refractivity contribution in [3.05, 3.63) is 0 Å². The molecule has 0 bridgehead atoms. The van der Waals surface area contributed by atoms with E-state index in [1.165, 1.54) is 12.8 Å². The van der Waals surface area contributed by atoms with Crippen LogP contribution in [0.1, 0.15) is 40.5 Å². The van der Waals surface area contributed by atoms with Crippen LogP contribution < -0.4 is 5.32 Å². The number of hydrogen-bond acceptors (Lipinski definition) is 3. The average molecular weight is 454 g/mol. The summed E-state index contributed by atoms with van der Waals surface area (Å²) in [5.41, 5.74) is 0. The molecule has 1 rings (SSSR count). The molecule has 0 aromatic rings. The number of guanidine groups is 1. The first-order valence-electron chi connectivity index (χ1n) is 9.24. The molecule has 6 heteroatoms. The van der Waals surface area contributed by atoms with Gasteiger partial charge in [-0.15, -0.1) is 24.0 Å². The molecule has 0 aromatic heterocycles. The van der Waals surface area contributed by atoms with Gasteiger partial charge in [0.05, 0.1) is 6.61 Å². The molecule has 2 atom stereocenters. The number of rotatable bonds is 9. The number of nitrogens with zero attached hydrogens (tertiary/aromatic N) is 3. The summed E-state index contributed by atoms with van der Waals surface area (Å²) in [7, 11) is 3.68. The second-order valence-electron chi connectivity index (χ2n) is 6.99. The quantitative estimate of drug-likeness (QED) is 0.331. The molecule has 1 aliphatic rings. The number of hydrogen-bond donors (Lipinski definition) is 1. The minimum absolute atomic E-state index is 0. The second kappa shape index (κ2) is 13.2. The normalized spacial score (nSPS) is 19.8. The van der Waals surface area contributed by atoms with E-state index in [2.05, 4.69) is 47.8 Å². The third-order valence-electron chi connectivity index (χ3n) is 4.77. The van der Waals surface area contributed by atoms with E-state index in [-0.39, 0.29) is 24.0 Å². The van der Waals surface area contributed by atoms with Crippen LogP contribution in [0.4, 0.5) is 0 Å². The first-order valence-corrected chi connectivity index (χ1v) is 9.24. The largest absolute Gasteiger partial charge is 0.384 e.